The molecule has 3 heterocycles. The van der Waals surface area contributed by atoms with E-state index < -0.39 is 0 Å². The molecule has 0 aliphatic heterocycles. The topological polar surface area (TPSA) is 73.0 Å². The molecule has 5 rings (SSSR count). The molecule has 5 aromatic rings. The molecule has 0 saturated carbocycles. The number of hydrogen-bond acceptors (Lipinski definition) is 6. The van der Waals surface area contributed by atoms with E-state index in [4.69, 9.17) is 4.42 Å². The summed E-state index contributed by atoms with van der Waals surface area (Å²) >= 11 is 3.00. The van der Waals surface area contributed by atoms with E-state index in [-0.39, 0.29) is 17.7 Å². The third kappa shape index (κ3) is 5.13. The number of nitrogens with zero attached hydrogens (tertiary/aromatic N) is 3. The van der Waals surface area contributed by atoms with Crippen LogP contribution in [0.4, 0.5) is 0 Å². The standard InChI is InChI=1S/C26H22N4O2S2/c31-23(27-24(22-14-8-16-33-22)19-9-3-1-4-10-19)18-34-26-29-28-25(20-11-5-2-6-12-20)30(26)17-21-13-7-15-32-21/h1-16,24H,17-18H2,(H,27,31)/t24-/m0/s1. The van der Waals surface area contributed by atoms with Crippen LogP contribution < -0.4 is 5.32 Å². The first kappa shape index (κ1) is 22.2. The molecule has 0 unspecified atom stereocenters. The summed E-state index contributed by atoms with van der Waals surface area (Å²) in [6.07, 6.45) is 1.65. The second-order valence-electron chi connectivity index (χ2n) is 7.55. The Balaban J connectivity index is 1.34. The number of carbonyl (C=O) groups is 1. The van der Waals surface area contributed by atoms with Gasteiger partial charge < -0.3 is 9.73 Å². The van der Waals surface area contributed by atoms with E-state index in [2.05, 4.69) is 15.5 Å². The fourth-order valence-corrected chi connectivity index (χ4v) is 5.20. The minimum absolute atomic E-state index is 0.0685. The number of nitrogens with one attached hydrogen (secondary N) is 1. The maximum Gasteiger partial charge on any atom is 0.231 e. The number of aromatic nitrogens is 3. The minimum Gasteiger partial charge on any atom is -0.467 e. The zero-order chi connectivity index (χ0) is 23.2. The smallest absolute Gasteiger partial charge is 0.231 e. The van der Waals surface area contributed by atoms with E-state index in [0.717, 1.165) is 27.6 Å². The Bertz CT molecular complexity index is 1320. The summed E-state index contributed by atoms with van der Waals surface area (Å²) in [6.45, 7) is 0.482. The van der Waals surface area contributed by atoms with Crippen LogP contribution in [0.1, 0.15) is 22.2 Å². The lowest BCUT2D eigenvalue weighted by Crippen LogP contribution is -2.30. The average molecular weight is 487 g/mol. The van der Waals surface area contributed by atoms with Crippen molar-refractivity contribution >= 4 is 29.0 Å². The summed E-state index contributed by atoms with van der Waals surface area (Å²) < 4.78 is 7.54. The Hall–Kier alpha value is -3.62. The highest BCUT2D eigenvalue weighted by molar-refractivity contribution is 7.99. The lowest BCUT2D eigenvalue weighted by molar-refractivity contribution is -0.119. The van der Waals surface area contributed by atoms with Gasteiger partial charge in [-0.25, -0.2) is 0 Å². The summed E-state index contributed by atoms with van der Waals surface area (Å²) in [6, 6.07) is 27.5. The average Bonchev–Trinajstić information content (AvgIpc) is 3.66. The normalized spacial score (nSPS) is 11.9. The lowest BCUT2D eigenvalue weighted by atomic mass is 10.1. The number of carbonyl (C=O) groups excluding carboxylic acids is 1. The predicted molar refractivity (Wildman–Crippen MR) is 135 cm³/mol. The number of furan rings is 1. The Morgan fingerprint density at radius 3 is 2.47 bits per heavy atom. The summed E-state index contributed by atoms with van der Waals surface area (Å²) in [5, 5.41) is 14.7. The molecule has 1 amide bonds. The molecule has 1 atom stereocenters. The van der Waals surface area contributed by atoms with Gasteiger partial charge in [-0.2, -0.15) is 0 Å². The first-order chi connectivity index (χ1) is 16.8. The van der Waals surface area contributed by atoms with Crippen molar-refractivity contribution in [2.45, 2.75) is 17.7 Å². The maximum atomic E-state index is 13.0. The van der Waals surface area contributed by atoms with Crippen LogP contribution >= 0.6 is 23.1 Å². The van der Waals surface area contributed by atoms with Crippen LogP contribution in [0.15, 0.2) is 106 Å². The SMILES string of the molecule is O=C(CSc1nnc(-c2ccccc2)n1Cc1ccco1)N[C@@H](c1ccccc1)c1cccs1. The van der Waals surface area contributed by atoms with E-state index in [1.807, 2.05) is 94.9 Å². The van der Waals surface area contributed by atoms with E-state index >= 15 is 0 Å². The molecule has 0 spiro atoms. The van der Waals surface area contributed by atoms with Crippen LogP contribution in [0, 0.1) is 0 Å². The van der Waals surface area contributed by atoms with Gasteiger partial charge in [-0.05, 0) is 29.1 Å². The van der Waals surface area contributed by atoms with E-state index in [1.54, 1.807) is 17.6 Å². The van der Waals surface area contributed by atoms with Crippen LogP contribution in [0.2, 0.25) is 0 Å². The molecular weight excluding hydrogens is 464 g/mol. The number of thioether (sulfide) groups is 1. The number of rotatable bonds is 9. The van der Waals surface area contributed by atoms with Gasteiger partial charge in [-0.3, -0.25) is 9.36 Å². The van der Waals surface area contributed by atoms with Crippen LogP contribution in [0.3, 0.4) is 0 Å². The Morgan fingerprint density at radius 1 is 0.971 bits per heavy atom. The molecule has 0 aliphatic rings. The van der Waals surface area contributed by atoms with Crippen LogP contribution in [0.25, 0.3) is 11.4 Å². The highest BCUT2D eigenvalue weighted by Gasteiger charge is 2.20. The fraction of sp³-hybridized carbons (Fsp3) is 0.115. The van der Waals surface area contributed by atoms with E-state index in [1.165, 1.54) is 11.8 Å². The van der Waals surface area contributed by atoms with Gasteiger partial charge in [-0.1, -0.05) is 78.5 Å². The summed E-state index contributed by atoms with van der Waals surface area (Å²) in [4.78, 5) is 14.1. The molecule has 0 bridgehead atoms. The van der Waals surface area contributed by atoms with Gasteiger partial charge in [0, 0.05) is 10.4 Å². The summed E-state index contributed by atoms with van der Waals surface area (Å²) in [7, 11) is 0. The van der Waals surface area contributed by atoms with Crippen molar-refractivity contribution in [2.75, 3.05) is 5.75 Å². The Kier molecular flexibility index (Phi) is 6.88. The van der Waals surface area contributed by atoms with Gasteiger partial charge in [0.05, 0.1) is 24.6 Å². The minimum atomic E-state index is -0.185. The van der Waals surface area contributed by atoms with Crippen molar-refractivity contribution in [3.05, 3.63) is 113 Å². The van der Waals surface area contributed by atoms with Crippen molar-refractivity contribution < 1.29 is 9.21 Å². The quantitative estimate of drug-likeness (QED) is 0.273. The highest BCUT2D eigenvalue weighted by Crippen LogP contribution is 2.28. The second kappa shape index (κ2) is 10.5. The molecule has 3 aromatic heterocycles. The third-order valence-electron chi connectivity index (χ3n) is 5.24. The van der Waals surface area contributed by atoms with Crippen LogP contribution in [0.5, 0.6) is 0 Å². The number of benzene rings is 2. The van der Waals surface area contributed by atoms with Gasteiger partial charge >= 0.3 is 0 Å². The molecule has 34 heavy (non-hydrogen) atoms. The molecule has 2 aromatic carbocycles. The molecular formula is C26H22N4O2S2. The van der Waals surface area contributed by atoms with Gasteiger partial charge in [0.15, 0.2) is 11.0 Å². The first-order valence-corrected chi connectivity index (χ1v) is 12.7. The molecule has 1 N–H and O–H groups in total. The first-order valence-electron chi connectivity index (χ1n) is 10.8. The summed E-state index contributed by atoms with van der Waals surface area (Å²) in [5.74, 6) is 1.69. The van der Waals surface area contributed by atoms with Crippen LogP contribution in [-0.2, 0) is 11.3 Å². The van der Waals surface area contributed by atoms with E-state index in [9.17, 15) is 4.79 Å². The molecule has 0 saturated heterocycles. The van der Waals surface area contributed by atoms with Gasteiger partial charge in [0.1, 0.15) is 5.76 Å². The van der Waals surface area contributed by atoms with Crippen LogP contribution in [-0.4, -0.2) is 26.4 Å². The molecule has 6 nitrogen and oxygen atoms in total. The molecule has 0 fully saturated rings. The number of thiophene rings is 1. The third-order valence-corrected chi connectivity index (χ3v) is 7.15. The highest BCUT2D eigenvalue weighted by atomic mass is 32.2. The van der Waals surface area contributed by atoms with Crippen molar-refractivity contribution in [3.8, 4) is 11.4 Å². The van der Waals surface area contributed by atoms with Crippen molar-refractivity contribution in [2.24, 2.45) is 0 Å². The summed E-state index contributed by atoms with van der Waals surface area (Å²) in [5.41, 5.74) is 2.01. The lowest BCUT2D eigenvalue weighted by Gasteiger charge is -2.18. The number of amides is 1. The fourth-order valence-electron chi connectivity index (χ4n) is 3.65. The predicted octanol–water partition coefficient (Wildman–Crippen LogP) is 5.65. The van der Waals surface area contributed by atoms with Crippen molar-refractivity contribution in [1.82, 2.24) is 20.1 Å². The Labute approximate surface area is 205 Å². The van der Waals surface area contributed by atoms with Gasteiger partial charge in [0.25, 0.3) is 0 Å². The van der Waals surface area contributed by atoms with E-state index in [0.29, 0.717) is 11.7 Å². The van der Waals surface area contributed by atoms with Crippen molar-refractivity contribution in [1.29, 1.82) is 0 Å². The molecule has 170 valence electrons. The zero-order valence-electron chi connectivity index (χ0n) is 18.2. The largest absolute Gasteiger partial charge is 0.467 e. The van der Waals surface area contributed by atoms with Gasteiger partial charge in [-0.15, -0.1) is 21.5 Å². The Morgan fingerprint density at radius 2 is 1.76 bits per heavy atom. The maximum absolute atomic E-state index is 13.0. The molecule has 0 radical (unpaired) electrons. The zero-order valence-corrected chi connectivity index (χ0v) is 19.8. The second-order valence-corrected chi connectivity index (χ2v) is 9.47. The molecule has 0 aliphatic carbocycles. The molecule has 8 heteroatoms. The monoisotopic (exact) mass is 486 g/mol. The number of hydrogen-bond donors (Lipinski definition) is 1. The van der Waals surface area contributed by atoms with Crippen molar-refractivity contribution in [3.63, 3.8) is 0 Å². The van der Waals surface area contributed by atoms with Gasteiger partial charge in [0.2, 0.25) is 5.91 Å².